The lowest BCUT2D eigenvalue weighted by Gasteiger charge is -2.17. The Balaban J connectivity index is 3.74. The molecule has 0 aliphatic carbocycles. The molecule has 0 radical (unpaired) electrons. The fraction of sp³-hybridized carbons (Fsp3) is 1.00. The maximum Gasteiger partial charge on any atom is 0.472 e. The highest BCUT2D eigenvalue weighted by Gasteiger charge is 2.22. The average Bonchev–Trinajstić information content (AvgIpc) is 2.32. The second-order valence-electron chi connectivity index (χ2n) is 4.84. The molecule has 0 saturated heterocycles. The van der Waals surface area contributed by atoms with Crippen molar-refractivity contribution >= 4 is 7.82 Å². The number of phosphoric acid groups is 1. The number of nitrogens with one attached hydrogen (secondary N) is 1. The average molecular weight is 297 g/mol. The van der Waals surface area contributed by atoms with E-state index in [1.807, 2.05) is 0 Å². The van der Waals surface area contributed by atoms with Crippen molar-refractivity contribution < 1.29 is 23.6 Å². The minimum atomic E-state index is -3.94. The van der Waals surface area contributed by atoms with Crippen molar-refractivity contribution in [2.45, 2.75) is 46.1 Å². The van der Waals surface area contributed by atoms with Gasteiger partial charge in [0.1, 0.15) is 0 Å². The van der Waals surface area contributed by atoms with E-state index in [1.54, 1.807) is 6.92 Å². The van der Waals surface area contributed by atoms with Crippen LogP contribution in [0.15, 0.2) is 0 Å². The predicted molar refractivity (Wildman–Crippen MR) is 75.0 cm³/mol. The van der Waals surface area contributed by atoms with Gasteiger partial charge in [0.15, 0.2) is 0 Å². The molecular formula is C12H28NO5P. The van der Waals surface area contributed by atoms with Crippen molar-refractivity contribution in [2.75, 3.05) is 26.4 Å². The summed E-state index contributed by atoms with van der Waals surface area (Å²) >= 11 is 0. The summed E-state index contributed by atoms with van der Waals surface area (Å²) in [4.78, 5) is 9.25. The van der Waals surface area contributed by atoms with E-state index in [2.05, 4.69) is 23.7 Å². The van der Waals surface area contributed by atoms with Gasteiger partial charge in [-0.2, -0.15) is 0 Å². The van der Waals surface area contributed by atoms with Gasteiger partial charge in [-0.15, -0.1) is 0 Å². The summed E-state index contributed by atoms with van der Waals surface area (Å²) in [5.74, 6) is -0.125. The Bertz CT molecular complexity index is 263. The van der Waals surface area contributed by atoms with Gasteiger partial charge in [-0.3, -0.25) is 9.05 Å². The number of aliphatic hydroxyl groups excluding tert-OH is 1. The third-order valence-electron chi connectivity index (χ3n) is 2.62. The third-order valence-corrected chi connectivity index (χ3v) is 3.68. The monoisotopic (exact) mass is 297 g/mol. The Morgan fingerprint density at radius 3 is 2.47 bits per heavy atom. The second-order valence-corrected chi connectivity index (χ2v) is 6.29. The molecule has 19 heavy (non-hydrogen) atoms. The number of rotatable bonds is 12. The molecule has 0 bridgehead atoms. The Labute approximate surface area is 116 Å². The first kappa shape index (κ1) is 19.0. The zero-order chi connectivity index (χ0) is 14.7. The summed E-state index contributed by atoms with van der Waals surface area (Å²) < 4.78 is 20.7. The van der Waals surface area contributed by atoms with Crippen LogP contribution in [0.3, 0.4) is 0 Å². The highest BCUT2D eigenvalue weighted by Crippen LogP contribution is 2.43. The van der Waals surface area contributed by atoms with Crippen molar-refractivity contribution in [3.63, 3.8) is 0 Å². The van der Waals surface area contributed by atoms with Crippen LogP contribution >= 0.6 is 7.82 Å². The molecule has 0 rings (SSSR count). The Kier molecular flexibility index (Phi) is 10.8. The summed E-state index contributed by atoms with van der Waals surface area (Å²) in [5.41, 5.74) is 0. The first-order valence-electron chi connectivity index (χ1n) is 6.87. The number of unbranched alkanes of at least 4 members (excludes halogenated alkanes) is 1. The standard InChI is InChI=1S/C12H28NO5P/c1-4-17-19(15,16)18-10-12(9-14)7-5-6-8-13-11(2)3/h11-14H,4-10H2,1-3H3,(H,15,16). The predicted octanol–water partition coefficient (Wildman–Crippen LogP) is 1.92. The maximum atomic E-state index is 11.3. The van der Waals surface area contributed by atoms with Crippen LogP contribution in [0.5, 0.6) is 0 Å². The molecule has 0 aliphatic heterocycles. The SMILES string of the molecule is CCOP(=O)(O)OCC(CO)CCCCNC(C)C. The number of hydrogen-bond donors (Lipinski definition) is 3. The maximum absolute atomic E-state index is 11.3. The molecule has 7 heteroatoms. The van der Waals surface area contributed by atoms with Crippen molar-refractivity contribution in [2.24, 2.45) is 5.92 Å². The van der Waals surface area contributed by atoms with Gasteiger partial charge in [-0.25, -0.2) is 4.57 Å². The lowest BCUT2D eigenvalue weighted by Crippen LogP contribution is -2.23. The first-order valence-corrected chi connectivity index (χ1v) is 8.37. The van der Waals surface area contributed by atoms with E-state index < -0.39 is 7.82 Å². The summed E-state index contributed by atoms with van der Waals surface area (Å²) in [5, 5.41) is 12.5. The molecule has 0 spiro atoms. The van der Waals surface area contributed by atoms with Gasteiger partial charge < -0.3 is 15.3 Å². The van der Waals surface area contributed by atoms with Crippen LogP contribution in [0.4, 0.5) is 0 Å². The summed E-state index contributed by atoms with van der Waals surface area (Å²) in [6.45, 7) is 6.86. The highest BCUT2D eigenvalue weighted by molar-refractivity contribution is 7.47. The van der Waals surface area contributed by atoms with Crippen molar-refractivity contribution in [1.29, 1.82) is 0 Å². The lowest BCUT2D eigenvalue weighted by molar-refractivity contribution is 0.107. The van der Waals surface area contributed by atoms with Crippen molar-refractivity contribution in [3.05, 3.63) is 0 Å². The highest BCUT2D eigenvalue weighted by atomic mass is 31.2. The Hall–Kier alpha value is 0.0300. The molecule has 0 aromatic heterocycles. The fourth-order valence-electron chi connectivity index (χ4n) is 1.58. The minimum Gasteiger partial charge on any atom is -0.396 e. The first-order chi connectivity index (χ1) is 8.91. The molecule has 0 fully saturated rings. The van der Waals surface area contributed by atoms with Gasteiger partial charge in [0.25, 0.3) is 0 Å². The van der Waals surface area contributed by atoms with Crippen LogP contribution in [0.25, 0.3) is 0 Å². The van der Waals surface area contributed by atoms with Gasteiger partial charge in [-0.05, 0) is 26.3 Å². The third kappa shape index (κ3) is 11.5. The van der Waals surface area contributed by atoms with E-state index in [0.29, 0.717) is 6.04 Å². The van der Waals surface area contributed by atoms with E-state index in [1.165, 1.54) is 0 Å². The van der Waals surface area contributed by atoms with Crippen LogP contribution in [-0.2, 0) is 13.6 Å². The molecule has 0 aromatic rings. The van der Waals surface area contributed by atoms with Crippen molar-refractivity contribution in [3.8, 4) is 0 Å². The Morgan fingerprint density at radius 1 is 1.26 bits per heavy atom. The largest absolute Gasteiger partial charge is 0.472 e. The lowest BCUT2D eigenvalue weighted by atomic mass is 10.0. The molecule has 3 N–H and O–H groups in total. The Morgan fingerprint density at radius 2 is 1.95 bits per heavy atom. The zero-order valence-electron chi connectivity index (χ0n) is 12.2. The minimum absolute atomic E-state index is 0.0435. The number of phosphoric ester groups is 1. The summed E-state index contributed by atoms with van der Waals surface area (Å²) in [6, 6.07) is 0.475. The molecule has 116 valence electrons. The van der Waals surface area contributed by atoms with E-state index in [9.17, 15) is 14.6 Å². The van der Waals surface area contributed by atoms with Crippen LogP contribution in [0.1, 0.15) is 40.0 Å². The van der Waals surface area contributed by atoms with Gasteiger partial charge in [0, 0.05) is 18.6 Å². The van der Waals surface area contributed by atoms with Gasteiger partial charge in [0.05, 0.1) is 13.2 Å². The van der Waals surface area contributed by atoms with E-state index in [0.717, 1.165) is 25.8 Å². The van der Waals surface area contributed by atoms with E-state index >= 15 is 0 Å². The normalized spacial score (nSPS) is 16.5. The fourth-order valence-corrected chi connectivity index (χ4v) is 2.38. The van der Waals surface area contributed by atoms with Gasteiger partial charge in [0.2, 0.25) is 0 Å². The zero-order valence-corrected chi connectivity index (χ0v) is 13.1. The summed E-state index contributed by atoms with van der Waals surface area (Å²) in [7, 11) is -3.94. The van der Waals surface area contributed by atoms with E-state index in [-0.39, 0.29) is 25.7 Å². The molecule has 0 heterocycles. The smallest absolute Gasteiger partial charge is 0.396 e. The second kappa shape index (κ2) is 10.8. The van der Waals surface area contributed by atoms with Crippen LogP contribution in [0.2, 0.25) is 0 Å². The molecule has 2 atom stereocenters. The van der Waals surface area contributed by atoms with Crippen molar-refractivity contribution in [1.82, 2.24) is 5.32 Å². The molecule has 2 unspecified atom stereocenters. The molecule has 0 aromatic carbocycles. The molecular weight excluding hydrogens is 269 g/mol. The van der Waals surface area contributed by atoms with Crippen LogP contribution in [-0.4, -0.2) is 42.4 Å². The van der Waals surface area contributed by atoms with E-state index in [4.69, 9.17) is 4.52 Å². The van der Waals surface area contributed by atoms with Gasteiger partial charge >= 0.3 is 7.82 Å². The quantitative estimate of drug-likeness (QED) is 0.377. The molecule has 6 nitrogen and oxygen atoms in total. The van der Waals surface area contributed by atoms with Gasteiger partial charge in [-0.1, -0.05) is 20.3 Å². The number of hydrogen-bond acceptors (Lipinski definition) is 5. The van der Waals surface area contributed by atoms with Crippen LogP contribution < -0.4 is 5.32 Å². The topological polar surface area (TPSA) is 88.0 Å². The number of aliphatic hydroxyl groups is 1. The molecule has 0 aliphatic rings. The summed E-state index contributed by atoms with van der Waals surface area (Å²) in [6.07, 6.45) is 2.72. The molecule has 0 amide bonds. The van der Waals surface area contributed by atoms with Crippen LogP contribution in [0, 0.1) is 5.92 Å². The molecule has 0 saturated carbocycles.